The summed E-state index contributed by atoms with van der Waals surface area (Å²) in [5, 5.41) is 0. The Balaban J connectivity index is 2.35. The van der Waals surface area contributed by atoms with Crippen molar-refractivity contribution in [2.24, 2.45) is 0 Å². The molecule has 2 heterocycles. The van der Waals surface area contributed by atoms with Gasteiger partial charge < -0.3 is 4.90 Å². The van der Waals surface area contributed by atoms with E-state index in [-0.39, 0.29) is 0 Å². The van der Waals surface area contributed by atoms with Gasteiger partial charge in [0, 0.05) is 43.6 Å². The smallest absolute Gasteiger partial charge is 0.136 e. The van der Waals surface area contributed by atoms with E-state index in [4.69, 9.17) is 0 Å². The molecule has 0 unspecified atom stereocenters. The molecule has 0 radical (unpaired) electrons. The largest absolute Gasteiger partial charge is 0.355 e. The van der Waals surface area contributed by atoms with Crippen LogP contribution in [-0.2, 0) is 17.6 Å². The first-order valence-corrected chi connectivity index (χ1v) is 6.78. The van der Waals surface area contributed by atoms with Crippen molar-refractivity contribution in [3.63, 3.8) is 0 Å². The average Bonchev–Trinajstić information content (AvgIpc) is 2.38. The Bertz CT molecular complexity index is 447. The second-order valence-corrected chi connectivity index (χ2v) is 4.76. The van der Waals surface area contributed by atoms with Gasteiger partial charge in [0.15, 0.2) is 0 Å². The zero-order chi connectivity index (χ0) is 13.1. The average molecular weight is 247 g/mol. The molecule has 0 aliphatic carbocycles. The van der Waals surface area contributed by atoms with Gasteiger partial charge in [-0.2, -0.15) is 0 Å². The second-order valence-electron chi connectivity index (χ2n) is 4.76. The Morgan fingerprint density at radius 2 is 1.78 bits per heavy atom. The van der Waals surface area contributed by atoms with Crippen LogP contribution in [0.2, 0.25) is 0 Å². The Kier molecular flexibility index (Phi) is 3.94. The number of carbonyl (C=O) groups excluding carboxylic acids is 1. The molecule has 1 aromatic heterocycles. The second kappa shape index (κ2) is 5.46. The fourth-order valence-electron chi connectivity index (χ4n) is 2.44. The third-order valence-corrected chi connectivity index (χ3v) is 3.53. The van der Waals surface area contributed by atoms with Crippen LogP contribution in [0.3, 0.4) is 0 Å². The highest BCUT2D eigenvalue weighted by atomic mass is 16.1. The summed E-state index contributed by atoms with van der Waals surface area (Å²) in [7, 11) is 0. The molecule has 1 aromatic rings. The third-order valence-electron chi connectivity index (χ3n) is 3.53. The van der Waals surface area contributed by atoms with Gasteiger partial charge in [-0.05, 0) is 13.3 Å². The van der Waals surface area contributed by atoms with Crippen molar-refractivity contribution in [3.8, 4) is 0 Å². The lowest BCUT2D eigenvalue weighted by Crippen LogP contribution is -2.35. The van der Waals surface area contributed by atoms with E-state index in [0.717, 1.165) is 43.3 Å². The molecule has 1 saturated heterocycles. The Labute approximate surface area is 108 Å². The van der Waals surface area contributed by atoms with E-state index in [9.17, 15) is 4.79 Å². The monoisotopic (exact) mass is 247 g/mol. The Morgan fingerprint density at radius 3 is 2.33 bits per heavy atom. The van der Waals surface area contributed by atoms with Gasteiger partial charge in [-0.3, -0.25) is 4.79 Å². The maximum absolute atomic E-state index is 11.3. The third kappa shape index (κ3) is 2.52. The molecule has 2 rings (SSSR count). The minimum Gasteiger partial charge on any atom is -0.355 e. The van der Waals surface area contributed by atoms with Gasteiger partial charge in [0.05, 0.1) is 0 Å². The molecule has 4 heteroatoms. The van der Waals surface area contributed by atoms with Crippen molar-refractivity contribution >= 4 is 11.6 Å². The van der Waals surface area contributed by atoms with E-state index in [1.165, 1.54) is 5.56 Å². The van der Waals surface area contributed by atoms with Crippen LogP contribution < -0.4 is 4.90 Å². The molecule has 0 amide bonds. The van der Waals surface area contributed by atoms with Gasteiger partial charge in [0.2, 0.25) is 0 Å². The van der Waals surface area contributed by atoms with Gasteiger partial charge in [-0.1, -0.05) is 13.8 Å². The molecule has 0 N–H and O–H groups in total. The van der Waals surface area contributed by atoms with Gasteiger partial charge in [0.1, 0.15) is 17.4 Å². The summed E-state index contributed by atoms with van der Waals surface area (Å²) < 4.78 is 0. The normalized spacial score (nSPS) is 16.2. The molecule has 4 nitrogen and oxygen atoms in total. The van der Waals surface area contributed by atoms with E-state index < -0.39 is 0 Å². The van der Waals surface area contributed by atoms with E-state index in [2.05, 4.69) is 35.6 Å². The molecule has 1 aliphatic heterocycles. The predicted molar refractivity (Wildman–Crippen MR) is 72.0 cm³/mol. The summed E-state index contributed by atoms with van der Waals surface area (Å²) >= 11 is 0. The van der Waals surface area contributed by atoms with E-state index >= 15 is 0 Å². The fraction of sp³-hybridized carbons (Fsp3) is 0.643. The lowest BCUT2D eigenvalue weighted by molar-refractivity contribution is -0.119. The van der Waals surface area contributed by atoms with Crippen molar-refractivity contribution in [2.75, 3.05) is 18.0 Å². The highest BCUT2D eigenvalue weighted by Crippen LogP contribution is 2.24. The number of ketones is 1. The number of hydrogen-bond donors (Lipinski definition) is 0. The molecular weight excluding hydrogens is 226 g/mol. The van der Waals surface area contributed by atoms with E-state index in [1.807, 2.05) is 0 Å². The molecule has 18 heavy (non-hydrogen) atoms. The Hall–Kier alpha value is -1.45. The van der Waals surface area contributed by atoms with E-state index in [1.54, 1.807) is 0 Å². The zero-order valence-electron chi connectivity index (χ0n) is 11.5. The van der Waals surface area contributed by atoms with Gasteiger partial charge in [0.25, 0.3) is 0 Å². The van der Waals surface area contributed by atoms with E-state index in [0.29, 0.717) is 18.6 Å². The maximum Gasteiger partial charge on any atom is 0.136 e. The number of nitrogens with zero attached hydrogens (tertiary/aromatic N) is 3. The molecule has 1 fully saturated rings. The number of carbonyl (C=O) groups is 1. The molecule has 1 aliphatic rings. The summed E-state index contributed by atoms with van der Waals surface area (Å²) in [6, 6.07) is 0. The molecule has 0 saturated carbocycles. The van der Waals surface area contributed by atoms with Gasteiger partial charge >= 0.3 is 0 Å². The van der Waals surface area contributed by atoms with Crippen molar-refractivity contribution in [1.82, 2.24) is 9.97 Å². The highest BCUT2D eigenvalue weighted by molar-refractivity contribution is 5.81. The minimum atomic E-state index is 0.366. The standard InChI is InChI=1S/C14H21N3O/c1-4-12-10(3)15-13(5-2)16-14(12)17-8-6-11(18)7-9-17/h4-9H2,1-3H3. The van der Waals surface area contributed by atoms with Crippen LogP contribution in [0.5, 0.6) is 0 Å². The quantitative estimate of drug-likeness (QED) is 0.820. The number of piperidine rings is 1. The van der Waals surface area contributed by atoms with Crippen molar-refractivity contribution in [3.05, 3.63) is 17.1 Å². The zero-order valence-corrected chi connectivity index (χ0v) is 11.5. The summed E-state index contributed by atoms with van der Waals surface area (Å²) in [4.78, 5) is 22.8. The number of aryl methyl sites for hydroxylation is 2. The van der Waals surface area contributed by atoms with Crippen LogP contribution in [0.1, 0.15) is 43.8 Å². The lowest BCUT2D eigenvalue weighted by atomic mass is 10.1. The number of hydrogen-bond acceptors (Lipinski definition) is 4. The number of aromatic nitrogens is 2. The minimum absolute atomic E-state index is 0.366. The number of rotatable bonds is 3. The van der Waals surface area contributed by atoms with Gasteiger partial charge in [-0.25, -0.2) is 9.97 Å². The SMILES string of the molecule is CCc1nc(C)c(CC)c(N2CCC(=O)CC2)n1. The molecule has 0 atom stereocenters. The van der Waals surface area contributed by atoms with Crippen LogP contribution >= 0.6 is 0 Å². The summed E-state index contributed by atoms with van der Waals surface area (Å²) in [6.45, 7) is 7.86. The fourth-order valence-corrected chi connectivity index (χ4v) is 2.44. The number of anilines is 1. The van der Waals surface area contributed by atoms with Crippen molar-refractivity contribution < 1.29 is 4.79 Å². The molecular formula is C14H21N3O. The maximum atomic E-state index is 11.3. The van der Waals surface area contributed by atoms with Crippen LogP contribution in [-0.4, -0.2) is 28.8 Å². The number of Topliss-reactive ketones (excluding diaryl/α,β-unsaturated/α-hetero) is 1. The van der Waals surface area contributed by atoms with Crippen molar-refractivity contribution in [1.29, 1.82) is 0 Å². The topological polar surface area (TPSA) is 46.1 Å². The predicted octanol–water partition coefficient (Wildman–Crippen LogP) is 2.08. The van der Waals surface area contributed by atoms with Crippen molar-refractivity contribution in [2.45, 2.75) is 46.5 Å². The van der Waals surface area contributed by atoms with Crippen LogP contribution in [0.4, 0.5) is 5.82 Å². The van der Waals surface area contributed by atoms with Crippen LogP contribution in [0.25, 0.3) is 0 Å². The molecule has 0 spiro atoms. The Morgan fingerprint density at radius 1 is 1.11 bits per heavy atom. The first kappa shape index (κ1) is 13.0. The summed E-state index contributed by atoms with van der Waals surface area (Å²) in [6.07, 6.45) is 3.08. The first-order valence-electron chi connectivity index (χ1n) is 6.78. The highest BCUT2D eigenvalue weighted by Gasteiger charge is 2.21. The summed E-state index contributed by atoms with van der Waals surface area (Å²) in [5.41, 5.74) is 2.30. The molecule has 0 aromatic carbocycles. The summed E-state index contributed by atoms with van der Waals surface area (Å²) in [5.74, 6) is 2.32. The molecule has 98 valence electrons. The van der Waals surface area contributed by atoms with Gasteiger partial charge in [-0.15, -0.1) is 0 Å². The van der Waals surface area contributed by atoms with Crippen LogP contribution in [0, 0.1) is 6.92 Å². The molecule has 0 bridgehead atoms. The van der Waals surface area contributed by atoms with Crippen LogP contribution in [0.15, 0.2) is 0 Å². The first-order chi connectivity index (χ1) is 8.65. The lowest BCUT2D eigenvalue weighted by Gasteiger charge is -2.29.